The molecule has 0 aliphatic heterocycles. The Morgan fingerprint density at radius 1 is 1.64 bits per heavy atom. The Hall–Kier alpha value is -0.820. The van der Waals surface area contributed by atoms with Gasteiger partial charge < -0.3 is 5.73 Å². The Morgan fingerprint density at radius 3 is 2.93 bits per heavy atom. The first-order valence-corrected chi connectivity index (χ1v) is 5.54. The fourth-order valence-electron chi connectivity index (χ4n) is 1.29. The summed E-state index contributed by atoms with van der Waals surface area (Å²) in [6.07, 6.45) is 0. The van der Waals surface area contributed by atoms with Crippen molar-refractivity contribution in [3.05, 3.63) is 21.9 Å². The van der Waals surface area contributed by atoms with Crippen LogP contribution in [0.15, 0.2) is 11.4 Å². The van der Waals surface area contributed by atoms with Crippen molar-refractivity contribution in [1.29, 1.82) is 0 Å². The van der Waals surface area contributed by atoms with Crippen molar-refractivity contribution < 1.29 is 0 Å². The summed E-state index contributed by atoms with van der Waals surface area (Å²) in [5.41, 5.74) is 7.02. The number of nitrogens with two attached hydrogens (primary N) is 1. The van der Waals surface area contributed by atoms with Gasteiger partial charge in [-0.05, 0) is 30.9 Å². The summed E-state index contributed by atoms with van der Waals surface area (Å²) in [6.45, 7) is 5.28. The van der Waals surface area contributed by atoms with Crippen LogP contribution in [0.25, 0.3) is 0 Å². The Bertz CT molecular complexity index is 333. The minimum atomic E-state index is 0.246. The number of hydrogen-bond donors (Lipinski definition) is 2. The zero-order valence-corrected chi connectivity index (χ0v) is 9.45. The summed E-state index contributed by atoms with van der Waals surface area (Å²) in [7, 11) is 0. The summed E-state index contributed by atoms with van der Waals surface area (Å²) >= 11 is 1.75. The molecule has 3 heteroatoms. The largest absolute Gasteiger partial charge is 0.329 e. The summed E-state index contributed by atoms with van der Waals surface area (Å²) in [5.74, 6) is 5.84. The average Bonchev–Trinajstić information content (AvgIpc) is 2.60. The van der Waals surface area contributed by atoms with E-state index in [4.69, 9.17) is 5.73 Å². The second kappa shape index (κ2) is 5.82. The fourth-order valence-corrected chi connectivity index (χ4v) is 2.30. The Kier molecular flexibility index (Phi) is 4.68. The van der Waals surface area contributed by atoms with Gasteiger partial charge >= 0.3 is 0 Å². The van der Waals surface area contributed by atoms with E-state index in [0.29, 0.717) is 13.1 Å². The van der Waals surface area contributed by atoms with E-state index in [0.717, 1.165) is 0 Å². The SMILES string of the molecule is CC#CCNC(CN)c1sccc1C. The summed E-state index contributed by atoms with van der Waals surface area (Å²) in [6, 6.07) is 2.37. The van der Waals surface area contributed by atoms with Crippen molar-refractivity contribution in [2.75, 3.05) is 13.1 Å². The van der Waals surface area contributed by atoms with E-state index in [-0.39, 0.29) is 6.04 Å². The molecule has 3 N–H and O–H groups in total. The molecule has 14 heavy (non-hydrogen) atoms. The van der Waals surface area contributed by atoms with E-state index in [1.807, 2.05) is 6.92 Å². The van der Waals surface area contributed by atoms with Gasteiger partial charge in [-0.2, -0.15) is 0 Å². The van der Waals surface area contributed by atoms with Crippen molar-refractivity contribution in [2.24, 2.45) is 5.73 Å². The van der Waals surface area contributed by atoms with Crippen molar-refractivity contribution in [1.82, 2.24) is 5.32 Å². The normalized spacial score (nSPS) is 11.9. The average molecular weight is 208 g/mol. The summed E-state index contributed by atoms with van der Waals surface area (Å²) < 4.78 is 0. The molecular formula is C11H16N2S. The van der Waals surface area contributed by atoms with Crippen LogP contribution in [0.2, 0.25) is 0 Å². The van der Waals surface area contributed by atoms with Crippen LogP contribution in [0.3, 0.4) is 0 Å². The molecule has 1 aromatic rings. The monoisotopic (exact) mass is 208 g/mol. The molecule has 1 unspecified atom stereocenters. The van der Waals surface area contributed by atoms with E-state index in [1.165, 1.54) is 10.4 Å². The van der Waals surface area contributed by atoms with Crippen molar-refractivity contribution >= 4 is 11.3 Å². The van der Waals surface area contributed by atoms with Crippen molar-refractivity contribution in [3.8, 4) is 11.8 Å². The maximum absolute atomic E-state index is 5.71. The van der Waals surface area contributed by atoms with Crippen LogP contribution in [0.4, 0.5) is 0 Å². The van der Waals surface area contributed by atoms with Gasteiger partial charge in [0.05, 0.1) is 12.6 Å². The molecule has 76 valence electrons. The van der Waals surface area contributed by atoms with Crippen LogP contribution < -0.4 is 11.1 Å². The fraction of sp³-hybridized carbons (Fsp3) is 0.455. The van der Waals surface area contributed by atoms with Crippen LogP contribution in [0, 0.1) is 18.8 Å². The van der Waals surface area contributed by atoms with Gasteiger partial charge in [0.15, 0.2) is 0 Å². The standard InChI is InChI=1S/C11H16N2S/c1-3-4-6-13-10(8-12)11-9(2)5-7-14-11/h5,7,10,13H,6,8,12H2,1-2H3. The molecular weight excluding hydrogens is 192 g/mol. The van der Waals surface area contributed by atoms with Crippen LogP contribution in [-0.2, 0) is 0 Å². The van der Waals surface area contributed by atoms with Crippen molar-refractivity contribution in [2.45, 2.75) is 19.9 Å². The third-order valence-electron chi connectivity index (χ3n) is 2.07. The van der Waals surface area contributed by atoms with E-state index < -0.39 is 0 Å². The van der Waals surface area contributed by atoms with Gasteiger partial charge in [0.25, 0.3) is 0 Å². The van der Waals surface area contributed by atoms with Crippen LogP contribution in [0.1, 0.15) is 23.4 Å². The summed E-state index contributed by atoms with van der Waals surface area (Å²) in [5, 5.41) is 5.42. The summed E-state index contributed by atoms with van der Waals surface area (Å²) in [4.78, 5) is 1.32. The maximum Gasteiger partial charge on any atom is 0.0581 e. The molecule has 1 rings (SSSR count). The van der Waals surface area contributed by atoms with Crippen molar-refractivity contribution in [3.63, 3.8) is 0 Å². The molecule has 2 nitrogen and oxygen atoms in total. The predicted octanol–water partition coefficient (Wildman–Crippen LogP) is 1.67. The minimum absolute atomic E-state index is 0.246. The first-order valence-electron chi connectivity index (χ1n) is 4.66. The lowest BCUT2D eigenvalue weighted by Crippen LogP contribution is -2.28. The lowest BCUT2D eigenvalue weighted by atomic mass is 10.1. The lowest BCUT2D eigenvalue weighted by molar-refractivity contribution is 0.589. The molecule has 0 saturated heterocycles. The molecule has 1 aromatic heterocycles. The van der Waals surface area contributed by atoms with Gasteiger partial charge in [0.2, 0.25) is 0 Å². The lowest BCUT2D eigenvalue weighted by Gasteiger charge is -2.14. The topological polar surface area (TPSA) is 38.0 Å². The maximum atomic E-state index is 5.71. The second-order valence-electron chi connectivity index (χ2n) is 3.06. The van der Waals surface area contributed by atoms with Gasteiger partial charge in [0, 0.05) is 11.4 Å². The number of rotatable bonds is 4. The molecule has 0 aromatic carbocycles. The number of hydrogen-bond acceptors (Lipinski definition) is 3. The van der Waals surface area contributed by atoms with Gasteiger partial charge in [-0.15, -0.1) is 17.3 Å². The number of aryl methyl sites for hydroxylation is 1. The molecule has 0 spiro atoms. The van der Waals surface area contributed by atoms with Crippen LogP contribution >= 0.6 is 11.3 Å². The molecule has 1 atom stereocenters. The first-order chi connectivity index (χ1) is 6.79. The quantitative estimate of drug-likeness (QED) is 0.739. The zero-order chi connectivity index (χ0) is 10.4. The van der Waals surface area contributed by atoms with Gasteiger partial charge in [-0.1, -0.05) is 5.92 Å². The van der Waals surface area contributed by atoms with E-state index >= 15 is 0 Å². The van der Waals surface area contributed by atoms with Gasteiger partial charge in [0.1, 0.15) is 0 Å². The Balaban J connectivity index is 2.61. The Morgan fingerprint density at radius 2 is 2.43 bits per heavy atom. The number of nitrogens with one attached hydrogen (secondary N) is 1. The second-order valence-corrected chi connectivity index (χ2v) is 4.01. The van der Waals surface area contributed by atoms with Crippen LogP contribution in [-0.4, -0.2) is 13.1 Å². The smallest absolute Gasteiger partial charge is 0.0581 e. The highest BCUT2D eigenvalue weighted by Gasteiger charge is 2.11. The zero-order valence-electron chi connectivity index (χ0n) is 8.63. The molecule has 0 aliphatic rings. The highest BCUT2D eigenvalue weighted by molar-refractivity contribution is 7.10. The molecule has 0 bridgehead atoms. The first kappa shape index (κ1) is 11.3. The third-order valence-corrected chi connectivity index (χ3v) is 3.20. The third kappa shape index (κ3) is 2.85. The van der Waals surface area contributed by atoms with E-state index in [1.54, 1.807) is 11.3 Å². The van der Waals surface area contributed by atoms with E-state index in [9.17, 15) is 0 Å². The molecule has 0 radical (unpaired) electrons. The molecule has 1 heterocycles. The molecule has 0 fully saturated rings. The van der Waals surface area contributed by atoms with Crippen LogP contribution in [0.5, 0.6) is 0 Å². The van der Waals surface area contributed by atoms with Gasteiger partial charge in [-0.3, -0.25) is 5.32 Å². The molecule has 0 saturated carbocycles. The highest BCUT2D eigenvalue weighted by atomic mass is 32.1. The number of thiophene rings is 1. The highest BCUT2D eigenvalue weighted by Crippen LogP contribution is 2.22. The molecule has 0 amide bonds. The predicted molar refractivity (Wildman–Crippen MR) is 62.3 cm³/mol. The molecule has 0 aliphatic carbocycles. The van der Waals surface area contributed by atoms with Gasteiger partial charge in [-0.25, -0.2) is 0 Å². The van der Waals surface area contributed by atoms with E-state index in [2.05, 4.69) is 35.5 Å². The Labute approximate surface area is 89.5 Å². The minimum Gasteiger partial charge on any atom is -0.329 e.